The van der Waals surface area contributed by atoms with Crippen LogP contribution in [0.15, 0.2) is 23.3 Å². The Morgan fingerprint density at radius 2 is 2.12 bits per heavy atom. The van der Waals surface area contributed by atoms with Crippen molar-refractivity contribution in [3.05, 3.63) is 45.6 Å². The maximum Gasteiger partial charge on any atom is 0.130 e. The van der Waals surface area contributed by atoms with Gasteiger partial charge in [-0.15, -0.1) is 0 Å². The summed E-state index contributed by atoms with van der Waals surface area (Å²) in [5.74, 6) is -0.238. The van der Waals surface area contributed by atoms with Gasteiger partial charge in [-0.25, -0.2) is 4.39 Å². The van der Waals surface area contributed by atoms with Crippen LogP contribution < -0.4 is 0 Å². The molecule has 0 radical (unpaired) electrons. The van der Waals surface area contributed by atoms with Crippen molar-refractivity contribution in [2.45, 2.75) is 45.6 Å². The summed E-state index contributed by atoms with van der Waals surface area (Å²) >= 11 is 0. The topological polar surface area (TPSA) is 48.8 Å². The lowest BCUT2D eigenvalue weighted by atomic mass is 9.80. The maximum atomic E-state index is 14.2. The molecule has 0 bridgehead atoms. The second kappa shape index (κ2) is 5.69. The molecule has 0 atom stereocenters. The van der Waals surface area contributed by atoms with Crippen LogP contribution in [0.1, 0.15) is 44.7 Å². The minimum Gasteiger partial charge on any atom is -0.206 e. The highest BCUT2D eigenvalue weighted by molar-refractivity contribution is 5.31. The standard InChI is InChI=1S/C13H18FN3/c1-4-8-13(2,3)11-7-5-6-10(12(11)14)9-16-17-15/h5-7H,4,8-9H2,1-3H3. The Kier molecular flexibility index (Phi) is 4.53. The number of rotatable bonds is 5. The fourth-order valence-corrected chi connectivity index (χ4v) is 2.09. The third-order valence-electron chi connectivity index (χ3n) is 2.99. The molecular weight excluding hydrogens is 217 g/mol. The first kappa shape index (κ1) is 13.5. The van der Waals surface area contributed by atoms with E-state index in [0.29, 0.717) is 11.1 Å². The van der Waals surface area contributed by atoms with Gasteiger partial charge in [-0.05, 0) is 28.5 Å². The molecule has 4 heteroatoms. The molecule has 0 aromatic heterocycles. The van der Waals surface area contributed by atoms with E-state index in [1.807, 2.05) is 26.0 Å². The Labute approximate surface area is 101 Å². The van der Waals surface area contributed by atoms with Gasteiger partial charge in [0.2, 0.25) is 0 Å². The van der Waals surface area contributed by atoms with Crippen molar-refractivity contribution in [3.8, 4) is 0 Å². The van der Waals surface area contributed by atoms with E-state index in [0.717, 1.165) is 12.8 Å². The van der Waals surface area contributed by atoms with Crippen LogP contribution in [0.4, 0.5) is 4.39 Å². The van der Waals surface area contributed by atoms with Gasteiger partial charge in [0, 0.05) is 4.91 Å². The van der Waals surface area contributed by atoms with Crippen LogP contribution in [0.2, 0.25) is 0 Å². The van der Waals surface area contributed by atoms with Crippen LogP contribution in [0.25, 0.3) is 10.4 Å². The lowest BCUT2D eigenvalue weighted by molar-refractivity contribution is 0.442. The number of azide groups is 1. The van der Waals surface area contributed by atoms with Gasteiger partial charge in [-0.3, -0.25) is 0 Å². The molecule has 0 fully saturated rings. The summed E-state index contributed by atoms with van der Waals surface area (Å²) in [6.07, 6.45) is 1.93. The summed E-state index contributed by atoms with van der Waals surface area (Å²) in [5, 5.41) is 3.41. The van der Waals surface area contributed by atoms with Gasteiger partial charge in [0.05, 0.1) is 6.54 Å². The Morgan fingerprint density at radius 1 is 1.41 bits per heavy atom. The SMILES string of the molecule is CCCC(C)(C)c1cccc(CN=[N+]=[N-])c1F. The number of hydrogen-bond acceptors (Lipinski definition) is 1. The molecule has 0 aliphatic heterocycles. The summed E-state index contributed by atoms with van der Waals surface area (Å²) < 4.78 is 14.2. The molecule has 0 saturated carbocycles. The van der Waals surface area contributed by atoms with Crippen molar-refractivity contribution >= 4 is 0 Å². The molecule has 1 rings (SSSR count). The number of hydrogen-bond donors (Lipinski definition) is 0. The van der Waals surface area contributed by atoms with Crippen LogP contribution in [-0.4, -0.2) is 0 Å². The zero-order chi connectivity index (χ0) is 12.9. The lowest BCUT2D eigenvalue weighted by Gasteiger charge is -2.26. The van der Waals surface area contributed by atoms with Crippen LogP contribution in [0, 0.1) is 5.82 Å². The zero-order valence-corrected chi connectivity index (χ0v) is 10.6. The smallest absolute Gasteiger partial charge is 0.130 e. The molecule has 0 aliphatic carbocycles. The normalized spacial score (nSPS) is 11.1. The molecule has 0 spiro atoms. The molecule has 0 saturated heterocycles. The van der Waals surface area contributed by atoms with Crippen molar-refractivity contribution < 1.29 is 4.39 Å². The largest absolute Gasteiger partial charge is 0.206 e. The van der Waals surface area contributed by atoms with Gasteiger partial charge in [0.1, 0.15) is 5.82 Å². The van der Waals surface area contributed by atoms with E-state index in [1.54, 1.807) is 6.07 Å². The third kappa shape index (κ3) is 3.21. The van der Waals surface area contributed by atoms with E-state index in [4.69, 9.17) is 5.53 Å². The average molecular weight is 235 g/mol. The Hall–Kier alpha value is -1.54. The van der Waals surface area contributed by atoms with Crippen LogP contribution >= 0.6 is 0 Å². The zero-order valence-electron chi connectivity index (χ0n) is 10.6. The highest BCUT2D eigenvalue weighted by atomic mass is 19.1. The molecule has 17 heavy (non-hydrogen) atoms. The van der Waals surface area contributed by atoms with Crippen LogP contribution in [-0.2, 0) is 12.0 Å². The van der Waals surface area contributed by atoms with E-state index in [9.17, 15) is 4.39 Å². The predicted molar refractivity (Wildman–Crippen MR) is 67.2 cm³/mol. The Bertz CT molecular complexity index is 434. The fraction of sp³-hybridized carbons (Fsp3) is 0.538. The van der Waals surface area contributed by atoms with E-state index >= 15 is 0 Å². The van der Waals surface area contributed by atoms with E-state index in [-0.39, 0.29) is 17.8 Å². The molecule has 0 N–H and O–H groups in total. The van der Waals surface area contributed by atoms with Crippen molar-refractivity contribution in [1.82, 2.24) is 0 Å². The highest BCUT2D eigenvalue weighted by Crippen LogP contribution is 2.31. The molecule has 0 amide bonds. The first-order valence-electron chi connectivity index (χ1n) is 5.81. The number of nitrogens with zero attached hydrogens (tertiary/aromatic N) is 3. The van der Waals surface area contributed by atoms with Gasteiger partial charge in [-0.2, -0.15) is 0 Å². The number of halogens is 1. The minimum atomic E-state index is -0.238. The van der Waals surface area contributed by atoms with Gasteiger partial charge in [0.15, 0.2) is 0 Å². The second-order valence-corrected chi connectivity index (χ2v) is 4.80. The van der Waals surface area contributed by atoms with Crippen molar-refractivity contribution in [1.29, 1.82) is 0 Å². The highest BCUT2D eigenvalue weighted by Gasteiger charge is 2.24. The first-order chi connectivity index (χ1) is 8.03. The van der Waals surface area contributed by atoms with Gasteiger partial charge in [0.25, 0.3) is 0 Å². The molecule has 0 heterocycles. The van der Waals surface area contributed by atoms with Crippen LogP contribution in [0.5, 0.6) is 0 Å². The van der Waals surface area contributed by atoms with E-state index in [1.165, 1.54) is 0 Å². The molecule has 0 aliphatic rings. The average Bonchev–Trinajstić information content (AvgIpc) is 2.27. The fourth-order valence-electron chi connectivity index (χ4n) is 2.09. The minimum absolute atomic E-state index is 0.0678. The molecular formula is C13H18FN3. The van der Waals surface area contributed by atoms with Crippen LogP contribution in [0.3, 0.4) is 0 Å². The second-order valence-electron chi connectivity index (χ2n) is 4.80. The third-order valence-corrected chi connectivity index (χ3v) is 2.99. The molecule has 1 aromatic carbocycles. The molecule has 3 nitrogen and oxygen atoms in total. The lowest BCUT2D eigenvalue weighted by Crippen LogP contribution is -2.19. The van der Waals surface area contributed by atoms with Gasteiger partial charge < -0.3 is 0 Å². The van der Waals surface area contributed by atoms with Gasteiger partial charge >= 0.3 is 0 Å². The van der Waals surface area contributed by atoms with E-state index < -0.39 is 0 Å². The summed E-state index contributed by atoms with van der Waals surface area (Å²) in [6.45, 7) is 6.22. The first-order valence-corrected chi connectivity index (χ1v) is 5.81. The summed E-state index contributed by atoms with van der Waals surface area (Å²) in [4.78, 5) is 2.66. The quantitative estimate of drug-likeness (QED) is 0.403. The van der Waals surface area contributed by atoms with Crippen molar-refractivity contribution in [2.75, 3.05) is 0 Å². The Morgan fingerprint density at radius 3 is 2.71 bits per heavy atom. The maximum absolute atomic E-state index is 14.2. The van der Waals surface area contributed by atoms with Gasteiger partial charge in [-0.1, -0.05) is 50.5 Å². The van der Waals surface area contributed by atoms with Crippen molar-refractivity contribution in [2.24, 2.45) is 5.11 Å². The number of benzene rings is 1. The van der Waals surface area contributed by atoms with E-state index in [2.05, 4.69) is 16.9 Å². The summed E-state index contributed by atoms with van der Waals surface area (Å²) in [5.41, 5.74) is 9.24. The summed E-state index contributed by atoms with van der Waals surface area (Å²) in [7, 11) is 0. The molecule has 1 aromatic rings. The molecule has 0 unspecified atom stereocenters. The predicted octanol–water partition coefficient (Wildman–Crippen LogP) is 4.71. The molecule has 92 valence electrons. The monoisotopic (exact) mass is 235 g/mol. The summed E-state index contributed by atoms with van der Waals surface area (Å²) in [6, 6.07) is 5.29. The Balaban J connectivity index is 3.13. The van der Waals surface area contributed by atoms with Crippen molar-refractivity contribution in [3.63, 3.8) is 0 Å².